The molecule has 15 nitrogen and oxygen atoms in total. The van der Waals surface area contributed by atoms with Crippen LogP contribution in [0, 0.1) is 0 Å². The second kappa shape index (κ2) is 19.3. The summed E-state index contributed by atoms with van der Waals surface area (Å²) in [5.74, 6) is -0.594. The number of halogens is 1. The van der Waals surface area contributed by atoms with Crippen LogP contribution in [0.3, 0.4) is 0 Å². The van der Waals surface area contributed by atoms with Gasteiger partial charge in [-0.05, 0) is 49.9 Å². The van der Waals surface area contributed by atoms with Gasteiger partial charge in [0.15, 0.2) is 5.82 Å². The van der Waals surface area contributed by atoms with Crippen LogP contribution in [0.25, 0.3) is 0 Å². The predicted octanol–water partition coefficient (Wildman–Crippen LogP) is 0.349. The SMILES string of the molecule is COc1ccc(CNC(=O)[C@@H]2CCCN2C(=O)Cn2cnc(NC(=O)[C@@H](COCc3ccccc3)NC(=O)C(C)(C)N)c2)cc1.Cl.O.O. The number of rotatable bonds is 14. The van der Waals surface area contributed by atoms with Crippen molar-refractivity contribution >= 4 is 41.9 Å². The average Bonchev–Trinajstić information content (AvgIpc) is 3.69. The van der Waals surface area contributed by atoms with Gasteiger partial charge < -0.3 is 51.6 Å². The molecule has 0 bridgehead atoms. The fraction of sp³-hybridized carbons (Fsp3) is 0.406. The fourth-order valence-corrected chi connectivity index (χ4v) is 4.76. The third-order valence-corrected chi connectivity index (χ3v) is 7.31. The molecule has 1 aliphatic rings. The maximum absolute atomic E-state index is 13.2. The maximum Gasteiger partial charge on any atom is 0.250 e. The fourth-order valence-electron chi connectivity index (χ4n) is 4.76. The highest BCUT2D eigenvalue weighted by Crippen LogP contribution is 2.19. The van der Waals surface area contributed by atoms with Gasteiger partial charge in [-0.2, -0.15) is 0 Å². The van der Waals surface area contributed by atoms with E-state index in [1.807, 2.05) is 54.6 Å². The third kappa shape index (κ3) is 11.9. The van der Waals surface area contributed by atoms with E-state index >= 15 is 0 Å². The number of carbonyl (C=O) groups excluding carboxylic acids is 4. The van der Waals surface area contributed by atoms with Crippen LogP contribution in [0.5, 0.6) is 5.75 Å². The van der Waals surface area contributed by atoms with Gasteiger partial charge in [0.05, 0.1) is 32.2 Å². The molecule has 0 saturated carbocycles. The van der Waals surface area contributed by atoms with E-state index in [9.17, 15) is 19.2 Å². The lowest BCUT2D eigenvalue weighted by Crippen LogP contribution is -2.56. The van der Waals surface area contributed by atoms with Gasteiger partial charge in [-0.15, -0.1) is 12.4 Å². The summed E-state index contributed by atoms with van der Waals surface area (Å²) >= 11 is 0. The van der Waals surface area contributed by atoms with Crippen LogP contribution < -0.4 is 26.4 Å². The quantitative estimate of drug-likeness (QED) is 0.184. The number of nitrogens with zero attached hydrogens (tertiary/aromatic N) is 3. The molecule has 0 unspecified atom stereocenters. The maximum atomic E-state index is 13.2. The number of anilines is 1. The summed E-state index contributed by atoms with van der Waals surface area (Å²) in [6, 6.07) is 15.2. The molecule has 1 aromatic heterocycles. The van der Waals surface area contributed by atoms with Crippen LogP contribution in [0.1, 0.15) is 37.8 Å². The Hall–Kier alpha value is -4.54. The van der Waals surface area contributed by atoms with Crippen molar-refractivity contribution in [2.45, 2.75) is 64.0 Å². The molecule has 16 heteroatoms. The topological polar surface area (TPSA) is 233 Å². The largest absolute Gasteiger partial charge is 0.497 e. The molecule has 2 aromatic carbocycles. The van der Waals surface area contributed by atoms with Crippen molar-refractivity contribution in [3.63, 3.8) is 0 Å². The number of methoxy groups -OCH3 is 1. The number of benzene rings is 2. The molecule has 2 heterocycles. The number of nitrogens with one attached hydrogen (secondary N) is 3. The highest BCUT2D eigenvalue weighted by atomic mass is 35.5. The molecule has 0 aliphatic carbocycles. The Labute approximate surface area is 285 Å². The minimum absolute atomic E-state index is 0. The number of imidazole rings is 1. The predicted molar refractivity (Wildman–Crippen MR) is 181 cm³/mol. The van der Waals surface area contributed by atoms with E-state index in [0.717, 1.165) is 23.3 Å². The number of carbonyl (C=O) groups is 4. The first-order chi connectivity index (χ1) is 21.5. The second-order valence-electron chi connectivity index (χ2n) is 11.5. The van der Waals surface area contributed by atoms with E-state index in [4.69, 9.17) is 15.2 Å². The van der Waals surface area contributed by atoms with Crippen LogP contribution in [0.2, 0.25) is 0 Å². The van der Waals surface area contributed by atoms with Gasteiger partial charge in [0, 0.05) is 19.3 Å². The molecule has 9 N–H and O–H groups in total. The molecule has 1 aliphatic heterocycles. The molecule has 2 atom stereocenters. The Morgan fingerprint density at radius 1 is 1.04 bits per heavy atom. The summed E-state index contributed by atoms with van der Waals surface area (Å²) in [6.07, 6.45) is 4.23. The van der Waals surface area contributed by atoms with Gasteiger partial charge >= 0.3 is 0 Å². The molecule has 4 rings (SSSR count). The van der Waals surface area contributed by atoms with E-state index in [-0.39, 0.29) is 60.8 Å². The lowest BCUT2D eigenvalue weighted by atomic mass is 10.1. The summed E-state index contributed by atoms with van der Waals surface area (Å²) < 4.78 is 12.4. The number of hydrogen-bond acceptors (Lipinski definition) is 8. The van der Waals surface area contributed by atoms with Gasteiger partial charge in [0.2, 0.25) is 17.7 Å². The van der Waals surface area contributed by atoms with Crippen LogP contribution in [-0.4, -0.2) is 86.9 Å². The zero-order valence-corrected chi connectivity index (χ0v) is 28.0. The monoisotopic (exact) mass is 691 g/mol. The number of hydrogen-bond donors (Lipinski definition) is 4. The van der Waals surface area contributed by atoms with E-state index in [1.165, 1.54) is 30.9 Å². The van der Waals surface area contributed by atoms with E-state index in [2.05, 4.69) is 20.9 Å². The third-order valence-electron chi connectivity index (χ3n) is 7.31. The molecule has 1 saturated heterocycles. The molecule has 48 heavy (non-hydrogen) atoms. The van der Waals surface area contributed by atoms with E-state index < -0.39 is 29.4 Å². The number of aromatic nitrogens is 2. The van der Waals surface area contributed by atoms with E-state index in [0.29, 0.717) is 19.5 Å². The average molecular weight is 692 g/mol. The number of amides is 4. The van der Waals surface area contributed by atoms with Crippen molar-refractivity contribution in [3.05, 3.63) is 78.2 Å². The zero-order valence-electron chi connectivity index (χ0n) is 27.2. The highest BCUT2D eigenvalue weighted by molar-refractivity contribution is 5.98. The van der Waals surface area contributed by atoms with Crippen LogP contribution in [0.15, 0.2) is 67.1 Å². The lowest BCUT2D eigenvalue weighted by molar-refractivity contribution is -0.139. The molecule has 0 radical (unpaired) electrons. The number of ether oxygens (including phenoxy) is 2. The Morgan fingerprint density at radius 3 is 2.38 bits per heavy atom. The van der Waals surface area contributed by atoms with Gasteiger partial charge in [-0.25, -0.2) is 4.98 Å². The Morgan fingerprint density at radius 2 is 1.73 bits per heavy atom. The van der Waals surface area contributed by atoms with Gasteiger partial charge in [-0.3, -0.25) is 19.2 Å². The van der Waals surface area contributed by atoms with Crippen molar-refractivity contribution in [1.82, 2.24) is 25.1 Å². The summed E-state index contributed by atoms with van der Waals surface area (Å²) in [4.78, 5) is 57.6. The molecule has 0 spiro atoms. The van der Waals surface area contributed by atoms with Crippen molar-refractivity contribution in [3.8, 4) is 5.75 Å². The van der Waals surface area contributed by atoms with Gasteiger partial charge in [-0.1, -0.05) is 42.5 Å². The van der Waals surface area contributed by atoms with Crippen molar-refractivity contribution < 1.29 is 39.6 Å². The number of likely N-dealkylation sites (tertiary alicyclic amines) is 1. The molecule has 264 valence electrons. The highest BCUT2D eigenvalue weighted by Gasteiger charge is 2.34. The van der Waals surface area contributed by atoms with Gasteiger partial charge in [0.25, 0.3) is 5.91 Å². The smallest absolute Gasteiger partial charge is 0.250 e. The Balaban J connectivity index is 0.00000384. The summed E-state index contributed by atoms with van der Waals surface area (Å²) in [5, 5.41) is 8.24. The van der Waals surface area contributed by atoms with Crippen molar-refractivity contribution in [2.75, 3.05) is 25.6 Å². The first-order valence-corrected chi connectivity index (χ1v) is 14.8. The lowest BCUT2D eigenvalue weighted by Gasteiger charge is -2.24. The summed E-state index contributed by atoms with van der Waals surface area (Å²) in [6.45, 7) is 3.98. The van der Waals surface area contributed by atoms with Crippen LogP contribution >= 0.6 is 12.4 Å². The minimum atomic E-state index is -1.21. The molecule has 4 amide bonds. The van der Waals surface area contributed by atoms with Crippen molar-refractivity contribution in [1.29, 1.82) is 0 Å². The number of nitrogens with two attached hydrogens (primary N) is 1. The Bertz CT molecular complexity index is 1470. The minimum Gasteiger partial charge on any atom is -0.497 e. The second-order valence-corrected chi connectivity index (χ2v) is 11.5. The first kappa shape index (κ1) is 41.5. The first-order valence-electron chi connectivity index (χ1n) is 14.8. The van der Waals surface area contributed by atoms with Crippen LogP contribution in [-0.2, 0) is 43.6 Å². The normalized spacial score (nSPS) is 14.3. The zero-order chi connectivity index (χ0) is 32.4. The standard InChI is InChI=1S/C32H41N7O6.ClH.2H2O/c1-32(2,33)31(43)36-25(20-45-19-23-8-5-4-6-9-23)29(41)37-27-17-38(21-35-27)18-28(40)39-15-7-10-26(39)30(42)34-16-22-11-13-24(44-3)14-12-22;;;/h4-6,8-9,11-14,17,21,25-26H,7,10,15-16,18-20,33H2,1-3H3,(H,34,42)(H,36,43)(H,37,41);1H;2*1H2/t25-,26+;;;/m1.../s1. The Kier molecular flexibility index (Phi) is 16.7. The molecule has 1 fully saturated rings. The van der Waals surface area contributed by atoms with Gasteiger partial charge in [0.1, 0.15) is 24.4 Å². The molecular weight excluding hydrogens is 646 g/mol. The molecular formula is C32H46ClN7O8. The van der Waals surface area contributed by atoms with E-state index in [1.54, 1.807) is 12.0 Å². The van der Waals surface area contributed by atoms with Crippen molar-refractivity contribution in [2.24, 2.45) is 5.73 Å². The molecule has 3 aromatic rings. The summed E-state index contributed by atoms with van der Waals surface area (Å²) in [5.41, 5.74) is 6.55. The van der Waals surface area contributed by atoms with Crippen LogP contribution in [0.4, 0.5) is 5.82 Å². The summed E-state index contributed by atoms with van der Waals surface area (Å²) in [7, 11) is 1.59.